The number of rotatable bonds is 17. The van der Waals surface area contributed by atoms with Crippen molar-refractivity contribution in [3.8, 4) is 11.4 Å². The van der Waals surface area contributed by atoms with Gasteiger partial charge in [-0.15, -0.1) is 0 Å². The van der Waals surface area contributed by atoms with Crippen LogP contribution in [0.25, 0.3) is 5.69 Å². The fraction of sp³-hybridized carbons (Fsp3) is 0.351. The average molecular weight is 731 g/mol. The molecule has 278 valence electrons. The largest absolute Gasteiger partial charge is 0.493 e. The zero-order chi connectivity index (χ0) is 37.5. The Kier molecular flexibility index (Phi) is 11.4. The molecule has 1 aliphatic heterocycles. The van der Waals surface area contributed by atoms with Crippen LogP contribution in [-0.2, 0) is 26.5 Å². The summed E-state index contributed by atoms with van der Waals surface area (Å²) < 4.78 is 45.1. The first-order valence-corrected chi connectivity index (χ1v) is 17.2. The highest BCUT2D eigenvalue weighted by molar-refractivity contribution is 5.78. The maximum Gasteiger partial charge on any atom is 0.350 e. The Bertz CT molecular complexity index is 2040. The van der Waals surface area contributed by atoms with Gasteiger partial charge in [-0.1, -0.05) is 13.0 Å². The van der Waals surface area contributed by atoms with E-state index in [4.69, 9.17) is 9.47 Å². The van der Waals surface area contributed by atoms with E-state index in [-0.39, 0.29) is 50.0 Å². The number of hydrogen-bond donors (Lipinski definition) is 1. The zero-order valence-electron chi connectivity index (χ0n) is 29.2. The van der Waals surface area contributed by atoms with Gasteiger partial charge in [0.15, 0.2) is 0 Å². The summed E-state index contributed by atoms with van der Waals surface area (Å²) in [5, 5.41) is 18.4. The molecule has 3 aromatic carbocycles. The highest BCUT2D eigenvalue weighted by atomic mass is 19.1. The number of aliphatic hydroxyl groups is 1. The molecule has 6 rings (SSSR count). The smallest absolute Gasteiger partial charge is 0.350 e. The molecule has 1 aliphatic rings. The third-order valence-corrected chi connectivity index (χ3v) is 9.45. The van der Waals surface area contributed by atoms with Crippen LogP contribution >= 0.6 is 0 Å². The van der Waals surface area contributed by atoms with Crippen molar-refractivity contribution in [1.82, 2.24) is 29.1 Å². The number of aliphatic hydroxyl groups excluding tert-OH is 1. The van der Waals surface area contributed by atoms with Crippen molar-refractivity contribution in [2.75, 3.05) is 36.1 Å². The van der Waals surface area contributed by atoms with E-state index in [0.717, 1.165) is 6.07 Å². The summed E-state index contributed by atoms with van der Waals surface area (Å²) in [7, 11) is 0. The number of aromatic nitrogens is 6. The van der Waals surface area contributed by atoms with Crippen molar-refractivity contribution < 1.29 is 33.0 Å². The maximum absolute atomic E-state index is 15.0. The molecule has 0 radical (unpaired) electrons. The summed E-state index contributed by atoms with van der Waals surface area (Å²) in [6.45, 7) is 4.61. The van der Waals surface area contributed by atoms with E-state index < -0.39 is 29.4 Å². The van der Waals surface area contributed by atoms with Crippen LogP contribution in [0.3, 0.4) is 0 Å². The van der Waals surface area contributed by atoms with Crippen LogP contribution in [0.2, 0.25) is 0 Å². The van der Waals surface area contributed by atoms with Gasteiger partial charge in [0.25, 0.3) is 0 Å². The predicted octanol–water partition coefficient (Wildman–Crippen LogP) is 3.87. The van der Waals surface area contributed by atoms with Crippen LogP contribution in [0, 0.1) is 17.6 Å². The highest BCUT2D eigenvalue weighted by Crippen LogP contribution is 2.42. The van der Waals surface area contributed by atoms with Crippen LogP contribution in [0.15, 0.2) is 90.5 Å². The molecule has 0 saturated carbocycles. The minimum Gasteiger partial charge on any atom is -0.493 e. The molecular weight excluding hydrogens is 690 g/mol. The molecule has 1 fully saturated rings. The molecule has 1 saturated heterocycles. The van der Waals surface area contributed by atoms with E-state index >= 15 is 0 Å². The zero-order valence-corrected chi connectivity index (χ0v) is 29.2. The van der Waals surface area contributed by atoms with E-state index in [1.54, 1.807) is 60.1 Å². The molecule has 1 N–H and O–H groups in total. The molecule has 5 aromatic rings. The lowest BCUT2D eigenvalue weighted by atomic mass is 9.87. The summed E-state index contributed by atoms with van der Waals surface area (Å²) in [5.74, 6) is -0.936. The lowest BCUT2D eigenvalue weighted by Gasteiger charge is -2.29. The lowest BCUT2D eigenvalue weighted by molar-refractivity contribution is -0.108. The first-order chi connectivity index (χ1) is 25.6. The van der Waals surface area contributed by atoms with Gasteiger partial charge in [-0.25, -0.2) is 32.5 Å². The highest BCUT2D eigenvalue weighted by Gasteiger charge is 2.44. The Balaban J connectivity index is 1.05. The minimum absolute atomic E-state index is 0.111. The van der Waals surface area contributed by atoms with Crippen molar-refractivity contribution in [1.29, 1.82) is 0 Å². The van der Waals surface area contributed by atoms with E-state index in [2.05, 4.69) is 15.2 Å². The molecule has 16 heteroatoms. The van der Waals surface area contributed by atoms with Gasteiger partial charge in [0, 0.05) is 42.0 Å². The Hall–Kier alpha value is -5.74. The Labute approximate surface area is 303 Å². The second-order valence-corrected chi connectivity index (χ2v) is 13.0. The molecule has 2 amide bonds. The summed E-state index contributed by atoms with van der Waals surface area (Å²) in [4.78, 5) is 44.0. The van der Waals surface area contributed by atoms with Gasteiger partial charge in [0.05, 0.1) is 37.6 Å². The van der Waals surface area contributed by atoms with Gasteiger partial charge in [0.1, 0.15) is 42.0 Å². The second-order valence-electron chi connectivity index (χ2n) is 13.0. The number of halogens is 2. The van der Waals surface area contributed by atoms with Crippen LogP contribution in [0.1, 0.15) is 38.3 Å². The number of carbonyl (C=O) groups excluding carboxylic acids is 2. The molecule has 14 nitrogen and oxygen atoms in total. The standard InChI is InChI=1S/C37H40F2N8O6/c1-3-35(26(2)50)47-36(51)46(23-42-47)31-7-5-29(6-8-31)43(24-48)14-15-44(25-49)30-9-11-32(12-10-30)52-18-27-17-37(53-19-27,20-45-22-40-21-41-45)33-13-4-28(38)16-34(33)39/h4-13,16,21-27,35,50H,3,14-15,17-20H2,1-2H3/t26-,27-,35+,37+/m0/s1. The number of ether oxygens (including phenoxy) is 2. The predicted molar refractivity (Wildman–Crippen MR) is 190 cm³/mol. The number of hydrogen-bond acceptors (Lipinski definition) is 9. The van der Waals surface area contributed by atoms with Gasteiger partial charge in [-0.05, 0) is 74.4 Å². The van der Waals surface area contributed by atoms with Gasteiger partial charge in [-0.2, -0.15) is 10.2 Å². The fourth-order valence-corrected chi connectivity index (χ4v) is 6.68. The molecule has 2 aromatic heterocycles. The Morgan fingerprint density at radius 1 is 1.00 bits per heavy atom. The first kappa shape index (κ1) is 37.0. The van der Waals surface area contributed by atoms with E-state index in [9.17, 15) is 28.3 Å². The SMILES string of the molecule is CC[C@H]([C@H](C)O)n1ncn(-c2ccc(N(C=O)CCN(C=O)c3ccc(OC[C@H]4CO[C@](Cn5cncn5)(c5ccc(F)cc5F)C4)cc3)cc2)c1=O. The third-order valence-electron chi connectivity index (χ3n) is 9.45. The minimum atomic E-state index is -1.09. The van der Waals surface area contributed by atoms with Crippen molar-refractivity contribution in [2.45, 2.75) is 51.0 Å². The summed E-state index contributed by atoms with van der Waals surface area (Å²) in [5.41, 5.74) is 0.463. The molecule has 4 atom stereocenters. The van der Waals surface area contributed by atoms with Crippen molar-refractivity contribution in [3.05, 3.63) is 113 Å². The van der Waals surface area contributed by atoms with Crippen LogP contribution in [0.5, 0.6) is 5.75 Å². The fourth-order valence-electron chi connectivity index (χ4n) is 6.68. The molecule has 0 unspecified atom stereocenters. The quantitative estimate of drug-likeness (QED) is 0.141. The molecule has 0 bridgehead atoms. The van der Waals surface area contributed by atoms with Crippen LogP contribution in [0.4, 0.5) is 20.2 Å². The first-order valence-electron chi connectivity index (χ1n) is 17.2. The molecular formula is C37H40F2N8O6. The lowest BCUT2D eigenvalue weighted by Crippen LogP contribution is -2.34. The van der Waals surface area contributed by atoms with E-state index in [0.29, 0.717) is 48.5 Å². The van der Waals surface area contributed by atoms with E-state index in [1.165, 1.54) is 50.2 Å². The number of nitrogens with zero attached hydrogens (tertiary/aromatic N) is 8. The van der Waals surface area contributed by atoms with Crippen molar-refractivity contribution in [2.24, 2.45) is 5.92 Å². The summed E-state index contributed by atoms with van der Waals surface area (Å²) in [6.07, 6.45) is 5.83. The molecule has 53 heavy (non-hydrogen) atoms. The molecule has 3 heterocycles. The monoisotopic (exact) mass is 730 g/mol. The Morgan fingerprint density at radius 2 is 1.68 bits per heavy atom. The van der Waals surface area contributed by atoms with Crippen LogP contribution in [-0.4, -0.2) is 79.4 Å². The average Bonchev–Trinajstić information content (AvgIpc) is 3.91. The van der Waals surface area contributed by atoms with Gasteiger partial charge < -0.3 is 24.4 Å². The van der Waals surface area contributed by atoms with E-state index in [1.807, 2.05) is 6.92 Å². The molecule has 0 spiro atoms. The topological polar surface area (TPSA) is 150 Å². The number of benzene rings is 3. The summed E-state index contributed by atoms with van der Waals surface area (Å²) in [6, 6.07) is 16.7. The van der Waals surface area contributed by atoms with Gasteiger partial charge >= 0.3 is 5.69 Å². The van der Waals surface area contributed by atoms with Gasteiger partial charge in [0.2, 0.25) is 12.8 Å². The summed E-state index contributed by atoms with van der Waals surface area (Å²) >= 11 is 0. The Morgan fingerprint density at radius 3 is 2.26 bits per heavy atom. The van der Waals surface area contributed by atoms with Crippen molar-refractivity contribution in [3.63, 3.8) is 0 Å². The number of carbonyl (C=O) groups is 2. The maximum atomic E-state index is 15.0. The normalized spacial score (nSPS) is 18.0. The van der Waals surface area contributed by atoms with Crippen molar-refractivity contribution >= 4 is 24.2 Å². The third kappa shape index (κ3) is 8.18. The number of amides is 2. The molecule has 0 aliphatic carbocycles. The number of anilines is 2. The van der Waals surface area contributed by atoms with Gasteiger partial charge in [-0.3, -0.25) is 9.59 Å². The van der Waals surface area contributed by atoms with Crippen LogP contribution < -0.4 is 20.2 Å². The second kappa shape index (κ2) is 16.3.